The van der Waals surface area contributed by atoms with Crippen molar-refractivity contribution in [2.75, 3.05) is 0 Å². The van der Waals surface area contributed by atoms with Crippen LogP contribution < -0.4 is 0 Å². The number of hydrogen-bond donors (Lipinski definition) is 0. The quantitative estimate of drug-likeness (QED) is 0.246. The van der Waals surface area contributed by atoms with Crippen LogP contribution in [0.3, 0.4) is 0 Å². The second-order valence-corrected chi connectivity index (χ2v) is 9.07. The Balaban J connectivity index is 2.00. The second kappa shape index (κ2) is 9.39. The minimum atomic E-state index is 0.241. The van der Waals surface area contributed by atoms with Gasteiger partial charge in [0.15, 0.2) is 0 Å². The Morgan fingerprint density at radius 1 is 0.692 bits per heavy atom. The maximum atomic E-state index is 2.59. The van der Waals surface area contributed by atoms with Crippen LogP contribution in [0.4, 0.5) is 0 Å². The molecule has 0 bridgehead atoms. The van der Waals surface area contributed by atoms with Gasteiger partial charge in [-0.3, -0.25) is 0 Å². The summed E-state index contributed by atoms with van der Waals surface area (Å²) in [5, 5.41) is 0. The van der Waals surface area contributed by atoms with Crippen LogP contribution in [0.5, 0.6) is 0 Å². The molecular formula is C25H33I. The standard InChI is InChI=1S/C25H33I/c1-3-5-7-11-18-25(19-12-8-6-4-2)22-16-10-9-14-20(22)21-15-13-17-23(26)24(21)25/h9-10,13-17H,3-8,11-12,18-19H2,1-2H3. The second-order valence-electron chi connectivity index (χ2n) is 7.91. The lowest BCUT2D eigenvalue weighted by Gasteiger charge is -2.33. The zero-order valence-electron chi connectivity index (χ0n) is 16.5. The molecule has 0 saturated carbocycles. The molecule has 1 heteroatoms. The maximum Gasteiger partial charge on any atom is 0.0225 e. The fourth-order valence-corrected chi connectivity index (χ4v) is 5.87. The molecule has 0 aliphatic heterocycles. The summed E-state index contributed by atoms with van der Waals surface area (Å²) in [4.78, 5) is 0. The molecule has 0 nitrogen and oxygen atoms in total. The lowest BCUT2D eigenvalue weighted by molar-refractivity contribution is 0.399. The Kier molecular flexibility index (Phi) is 7.19. The number of benzene rings is 2. The average Bonchev–Trinajstić information content (AvgIpc) is 2.95. The third-order valence-electron chi connectivity index (χ3n) is 6.14. The molecule has 0 radical (unpaired) electrons. The summed E-state index contributed by atoms with van der Waals surface area (Å²) in [6.45, 7) is 4.62. The highest BCUT2D eigenvalue weighted by Crippen LogP contribution is 2.55. The summed E-state index contributed by atoms with van der Waals surface area (Å²) in [5.74, 6) is 0. The normalized spacial score (nSPS) is 14.3. The van der Waals surface area contributed by atoms with Crippen molar-refractivity contribution < 1.29 is 0 Å². The van der Waals surface area contributed by atoms with Gasteiger partial charge in [0.1, 0.15) is 0 Å². The van der Waals surface area contributed by atoms with Crippen LogP contribution in [0, 0.1) is 3.57 Å². The Bertz CT molecular complexity index is 704. The predicted molar refractivity (Wildman–Crippen MR) is 123 cm³/mol. The Morgan fingerprint density at radius 3 is 1.96 bits per heavy atom. The summed E-state index contributed by atoms with van der Waals surface area (Å²) in [7, 11) is 0. The van der Waals surface area contributed by atoms with E-state index < -0.39 is 0 Å². The molecule has 0 spiro atoms. The lowest BCUT2D eigenvalue weighted by Crippen LogP contribution is -2.26. The highest BCUT2D eigenvalue weighted by atomic mass is 127. The van der Waals surface area contributed by atoms with Crippen LogP contribution in [-0.4, -0.2) is 0 Å². The SMILES string of the molecule is CCCCCCC1(CCCCCC)c2ccccc2-c2cccc(I)c21. The Labute approximate surface area is 173 Å². The van der Waals surface area contributed by atoms with Gasteiger partial charge in [0, 0.05) is 8.99 Å². The molecule has 0 N–H and O–H groups in total. The zero-order chi connectivity index (χ0) is 18.4. The van der Waals surface area contributed by atoms with E-state index in [-0.39, 0.29) is 5.41 Å². The first-order chi connectivity index (χ1) is 12.7. The van der Waals surface area contributed by atoms with Gasteiger partial charge in [-0.1, -0.05) is 102 Å². The molecule has 2 aromatic rings. The third-order valence-corrected chi connectivity index (χ3v) is 7.04. The number of hydrogen-bond acceptors (Lipinski definition) is 0. The van der Waals surface area contributed by atoms with Crippen LogP contribution in [0.25, 0.3) is 11.1 Å². The molecule has 0 amide bonds. The van der Waals surface area contributed by atoms with E-state index in [1.807, 2.05) is 0 Å². The molecule has 1 aliphatic rings. The molecule has 0 heterocycles. The molecule has 0 atom stereocenters. The number of halogens is 1. The predicted octanol–water partition coefficient (Wildman–Crippen LogP) is 8.50. The summed E-state index contributed by atoms with van der Waals surface area (Å²) in [6.07, 6.45) is 13.4. The summed E-state index contributed by atoms with van der Waals surface area (Å²) in [5.41, 5.74) is 6.47. The first kappa shape index (κ1) is 19.9. The van der Waals surface area contributed by atoms with Crippen molar-refractivity contribution in [1.82, 2.24) is 0 Å². The summed E-state index contributed by atoms with van der Waals surface area (Å²) >= 11 is 2.59. The molecule has 26 heavy (non-hydrogen) atoms. The van der Waals surface area contributed by atoms with E-state index in [9.17, 15) is 0 Å². The summed E-state index contributed by atoms with van der Waals surface area (Å²) < 4.78 is 1.46. The maximum absolute atomic E-state index is 2.59. The monoisotopic (exact) mass is 460 g/mol. The molecule has 2 aromatic carbocycles. The van der Waals surface area contributed by atoms with Crippen molar-refractivity contribution >= 4 is 22.6 Å². The fraction of sp³-hybridized carbons (Fsp3) is 0.520. The molecule has 3 rings (SSSR count). The number of fused-ring (bicyclic) bond motifs is 3. The van der Waals surface area contributed by atoms with Crippen molar-refractivity contribution in [3.05, 3.63) is 57.2 Å². The third kappa shape index (κ3) is 3.88. The Hall–Kier alpha value is -0.830. The molecule has 0 fully saturated rings. The van der Waals surface area contributed by atoms with Gasteiger partial charge in [0.05, 0.1) is 0 Å². The Morgan fingerprint density at radius 2 is 1.31 bits per heavy atom. The van der Waals surface area contributed by atoms with Crippen LogP contribution in [-0.2, 0) is 5.41 Å². The van der Waals surface area contributed by atoms with Crippen LogP contribution in [0.2, 0.25) is 0 Å². The molecule has 1 aliphatic carbocycles. The van der Waals surface area contributed by atoms with Crippen molar-refractivity contribution in [3.8, 4) is 11.1 Å². The summed E-state index contributed by atoms with van der Waals surface area (Å²) in [6, 6.07) is 16.2. The van der Waals surface area contributed by atoms with E-state index in [4.69, 9.17) is 0 Å². The van der Waals surface area contributed by atoms with E-state index in [0.717, 1.165) is 0 Å². The first-order valence-corrected chi connectivity index (χ1v) is 11.7. The first-order valence-electron chi connectivity index (χ1n) is 10.6. The average molecular weight is 460 g/mol. The molecule has 140 valence electrons. The van der Waals surface area contributed by atoms with E-state index in [0.29, 0.717) is 0 Å². The lowest BCUT2D eigenvalue weighted by atomic mass is 9.70. The fourth-order valence-electron chi connectivity index (χ4n) is 4.86. The smallest absolute Gasteiger partial charge is 0.0225 e. The van der Waals surface area contributed by atoms with Gasteiger partial charge < -0.3 is 0 Å². The van der Waals surface area contributed by atoms with E-state index >= 15 is 0 Å². The van der Waals surface area contributed by atoms with Crippen LogP contribution in [0.1, 0.15) is 89.2 Å². The van der Waals surface area contributed by atoms with Crippen LogP contribution >= 0.6 is 22.6 Å². The zero-order valence-corrected chi connectivity index (χ0v) is 18.6. The van der Waals surface area contributed by atoms with Crippen molar-refractivity contribution in [1.29, 1.82) is 0 Å². The van der Waals surface area contributed by atoms with Crippen molar-refractivity contribution in [2.24, 2.45) is 0 Å². The molecule has 0 saturated heterocycles. The number of rotatable bonds is 10. The van der Waals surface area contributed by atoms with Gasteiger partial charge in [-0.25, -0.2) is 0 Å². The highest BCUT2D eigenvalue weighted by molar-refractivity contribution is 14.1. The van der Waals surface area contributed by atoms with Gasteiger partial charge in [-0.05, 0) is 63.8 Å². The van der Waals surface area contributed by atoms with Crippen molar-refractivity contribution in [3.63, 3.8) is 0 Å². The van der Waals surface area contributed by atoms with Gasteiger partial charge in [-0.2, -0.15) is 0 Å². The van der Waals surface area contributed by atoms with E-state index in [1.54, 1.807) is 11.1 Å². The van der Waals surface area contributed by atoms with Gasteiger partial charge >= 0.3 is 0 Å². The molecule has 0 unspecified atom stereocenters. The minimum Gasteiger partial charge on any atom is -0.0654 e. The molecule has 0 aromatic heterocycles. The van der Waals surface area contributed by atoms with E-state index in [2.05, 4.69) is 78.9 Å². The highest BCUT2D eigenvalue weighted by Gasteiger charge is 2.43. The number of unbranched alkanes of at least 4 members (excludes halogenated alkanes) is 6. The van der Waals surface area contributed by atoms with Gasteiger partial charge in [0.25, 0.3) is 0 Å². The minimum absolute atomic E-state index is 0.241. The van der Waals surface area contributed by atoms with Crippen LogP contribution in [0.15, 0.2) is 42.5 Å². The molecular weight excluding hydrogens is 427 g/mol. The largest absolute Gasteiger partial charge is 0.0654 e. The van der Waals surface area contributed by atoms with Crippen molar-refractivity contribution in [2.45, 2.75) is 83.5 Å². The van der Waals surface area contributed by atoms with Gasteiger partial charge in [0.2, 0.25) is 0 Å². The van der Waals surface area contributed by atoms with E-state index in [1.165, 1.54) is 78.9 Å². The topological polar surface area (TPSA) is 0 Å². The van der Waals surface area contributed by atoms with Gasteiger partial charge in [-0.15, -0.1) is 0 Å².